The highest BCUT2D eigenvalue weighted by Crippen LogP contribution is 2.33. The Morgan fingerprint density at radius 2 is 2.26 bits per heavy atom. The van der Waals surface area contributed by atoms with E-state index in [0.29, 0.717) is 11.1 Å². The number of halogens is 1. The first-order chi connectivity index (χ1) is 9.13. The van der Waals surface area contributed by atoms with Gasteiger partial charge in [-0.25, -0.2) is 4.98 Å². The third-order valence-corrected chi connectivity index (χ3v) is 4.54. The highest BCUT2D eigenvalue weighted by Gasteiger charge is 2.16. The smallest absolute Gasteiger partial charge is 0.143 e. The van der Waals surface area contributed by atoms with Crippen molar-refractivity contribution in [2.24, 2.45) is 0 Å². The van der Waals surface area contributed by atoms with Crippen molar-refractivity contribution in [1.29, 1.82) is 0 Å². The van der Waals surface area contributed by atoms with Crippen LogP contribution in [0.15, 0.2) is 18.3 Å². The molecule has 2 rings (SSSR count). The second-order valence-electron chi connectivity index (χ2n) is 4.48. The number of hydrogen-bond acceptors (Lipinski definition) is 4. The Balaban J connectivity index is 2.28. The van der Waals surface area contributed by atoms with Crippen LogP contribution in [0, 0.1) is 6.92 Å². The Hall–Kier alpha value is -0.970. The van der Waals surface area contributed by atoms with Crippen LogP contribution in [0.3, 0.4) is 0 Å². The average Bonchev–Trinajstić information content (AvgIpc) is 2.78. The first-order valence-corrected chi connectivity index (χ1v) is 7.64. The lowest BCUT2D eigenvalue weighted by Crippen LogP contribution is -2.18. The third-order valence-electron chi connectivity index (χ3n) is 2.89. The van der Waals surface area contributed by atoms with E-state index in [4.69, 9.17) is 11.6 Å². The van der Waals surface area contributed by atoms with Crippen LogP contribution >= 0.6 is 22.9 Å². The van der Waals surface area contributed by atoms with Crippen LogP contribution in [-0.2, 0) is 0 Å². The first kappa shape index (κ1) is 14.4. The summed E-state index contributed by atoms with van der Waals surface area (Å²) in [6.45, 7) is 7.38. The molecule has 2 aromatic rings. The third kappa shape index (κ3) is 3.32. The molecule has 0 fully saturated rings. The van der Waals surface area contributed by atoms with E-state index in [9.17, 15) is 0 Å². The summed E-state index contributed by atoms with van der Waals surface area (Å²) in [5.41, 5.74) is 1.82. The van der Waals surface area contributed by atoms with Gasteiger partial charge < -0.3 is 5.32 Å². The predicted molar refractivity (Wildman–Crippen MR) is 81.8 cm³/mol. The maximum absolute atomic E-state index is 6.17. The predicted octanol–water partition coefficient (Wildman–Crippen LogP) is 4.23. The van der Waals surface area contributed by atoms with Crippen LogP contribution in [0.4, 0.5) is 0 Å². The van der Waals surface area contributed by atoms with E-state index in [1.165, 1.54) is 4.88 Å². The molecule has 2 aromatic heterocycles. The van der Waals surface area contributed by atoms with Gasteiger partial charge in [0, 0.05) is 17.1 Å². The van der Waals surface area contributed by atoms with Gasteiger partial charge in [-0.2, -0.15) is 0 Å². The van der Waals surface area contributed by atoms with Gasteiger partial charge in [0.05, 0.1) is 10.7 Å². The molecule has 0 saturated heterocycles. The van der Waals surface area contributed by atoms with E-state index in [1.807, 2.05) is 19.1 Å². The molecule has 0 aromatic carbocycles. The Morgan fingerprint density at radius 3 is 2.95 bits per heavy atom. The van der Waals surface area contributed by atoms with Crippen molar-refractivity contribution in [3.05, 3.63) is 33.9 Å². The van der Waals surface area contributed by atoms with E-state index in [0.717, 1.165) is 29.4 Å². The van der Waals surface area contributed by atoms with Gasteiger partial charge >= 0.3 is 0 Å². The number of nitrogens with zero attached hydrogens (tertiary/aromatic N) is 2. The summed E-state index contributed by atoms with van der Waals surface area (Å²) in [5.74, 6) is 0. The quantitative estimate of drug-likeness (QED) is 0.897. The highest BCUT2D eigenvalue weighted by molar-refractivity contribution is 7.15. The maximum Gasteiger partial charge on any atom is 0.143 e. The Bertz CT molecular complexity index is 553. The molecule has 5 heteroatoms. The summed E-state index contributed by atoms with van der Waals surface area (Å²) in [6.07, 6.45) is 2.87. The second-order valence-corrected chi connectivity index (χ2v) is 5.92. The van der Waals surface area contributed by atoms with Crippen molar-refractivity contribution in [1.82, 2.24) is 15.3 Å². The molecule has 102 valence electrons. The zero-order valence-corrected chi connectivity index (χ0v) is 13.0. The molecular weight excluding hydrogens is 278 g/mol. The summed E-state index contributed by atoms with van der Waals surface area (Å²) < 4.78 is 0. The lowest BCUT2D eigenvalue weighted by molar-refractivity contribution is 0.575. The van der Waals surface area contributed by atoms with Crippen LogP contribution in [-0.4, -0.2) is 16.5 Å². The molecular formula is C14H18ClN3S. The fourth-order valence-corrected chi connectivity index (χ4v) is 3.28. The van der Waals surface area contributed by atoms with Crippen molar-refractivity contribution in [2.75, 3.05) is 6.54 Å². The van der Waals surface area contributed by atoms with Gasteiger partial charge in [0.25, 0.3) is 0 Å². The largest absolute Gasteiger partial charge is 0.309 e. The summed E-state index contributed by atoms with van der Waals surface area (Å²) >= 11 is 7.84. The Kier molecular flexibility index (Phi) is 4.91. The topological polar surface area (TPSA) is 37.8 Å². The summed E-state index contributed by atoms with van der Waals surface area (Å²) in [6, 6.07) is 3.99. The average molecular weight is 296 g/mol. The zero-order valence-electron chi connectivity index (χ0n) is 11.4. The van der Waals surface area contributed by atoms with Crippen LogP contribution in [0.5, 0.6) is 0 Å². The van der Waals surface area contributed by atoms with Gasteiger partial charge in [0.15, 0.2) is 0 Å². The monoisotopic (exact) mass is 295 g/mol. The molecule has 19 heavy (non-hydrogen) atoms. The fourth-order valence-electron chi connectivity index (χ4n) is 1.91. The standard InChI is InChI=1S/C14H18ClN3S/c1-4-7-16-9(2)13-10(3)18-14(19-13)12-11(15)6-5-8-17-12/h5-6,8-9,16H,4,7H2,1-3H3. The number of nitrogens with one attached hydrogen (secondary N) is 1. The normalized spacial score (nSPS) is 12.6. The first-order valence-electron chi connectivity index (χ1n) is 6.45. The molecule has 0 aliphatic heterocycles. The molecule has 0 aliphatic carbocycles. The van der Waals surface area contributed by atoms with E-state index in [-0.39, 0.29) is 0 Å². The molecule has 3 nitrogen and oxygen atoms in total. The molecule has 1 N–H and O–H groups in total. The summed E-state index contributed by atoms with van der Waals surface area (Å²) in [4.78, 5) is 10.2. The van der Waals surface area contributed by atoms with Gasteiger partial charge in [-0.3, -0.25) is 4.98 Å². The van der Waals surface area contributed by atoms with Gasteiger partial charge in [-0.1, -0.05) is 18.5 Å². The van der Waals surface area contributed by atoms with Crippen LogP contribution in [0.2, 0.25) is 5.02 Å². The number of thiazole rings is 1. The van der Waals surface area contributed by atoms with E-state index in [2.05, 4.69) is 29.1 Å². The van der Waals surface area contributed by atoms with E-state index >= 15 is 0 Å². The molecule has 0 bridgehead atoms. The lowest BCUT2D eigenvalue weighted by Gasteiger charge is -2.11. The summed E-state index contributed by atoms with van der Waals surface area (Å²) in [7, 11) is 0. The minimum Gasteiger partial charge on any atom is -0.309 e. The number of aromatic nitrogens is 2. The zero-order chi connectivity index (χ0) is 13.8. The maximum atomic E-state index is 6.17. The Morgan fingerprint density at radius 1 is 1.47 bits per heavy atom. The van der Waals surface area contributed by atoms with Gasteiger partial charge in [-0.05, 0) is 38.9 Å². The lowest BCUT2D eigenvalue weighted by atomic mass is 10.2. The van der Waals surface area contributed by atoms with Crippen LogP contribution in [0.25, 0.3) is 10.7 Å². The molecule has 0 amide bonds. The van der Waals surface area contributed by atoms with E-state index in [1.54, 1.807) is 17.5 Å². The molecule has 0 saturated carbocycles. The molecule has 1 unspecified atom stereocenters. The van der Waals surface area contributed by atoms with Crippen LogP contribution < -0.4 is 5.32 Å². The molecule has 0 aliphatic rings. The molecule has 2 heterocycles. The number of rotatable bonds is 5. The second kappa shape index (κ2) is 6.46. The van der Waals surface area contributed by atoms with Gasteiger partial charge in [-0.15, -0.1) is 11.3 Å². The minimum absolute atomic E-state index is 0.314. The van der Waals surface area contributed by atoms with Gasteiger partial charge in [0.2, 0.25) is 0 Å². The van der Waals surface area contributed by atoms with Crippen molar-refractivity contribution >= 4 is 22.9 Å². The van der Waals surface area contributed by atoms with Crippen LogP contribution in [0.1, 0.15) is 36.9 Å². The van der Waals surface area contributed by atoms with Crippen molar-refractivity contribution in [2.45, 2.75) is 33.2 Å². The highest BCUT2D eigenvalue weighted by atomic mass is 35.5. The van der Waals surface area contributed by atoms with Crippen molar-refractivity contribution in [3.63, 3.8) is 0 Å². The number of aryl methyl sites for hydroxylation is 1. The van der Waals surface area contributed by atoms with Crippen molar-refractivity contribution < 1.29 is 0 Å². The molecule has 0 radical (unpaired) electrons. The minimum atomic E-state index is 0.314. The summed E-state index contributed by atoms with van der Waals surface area (Å²) in [5, 5.41) is 5.03. The SMILES string of the molecule is CCCNC(C)c1sc(-c2ncccc2Cl)nc1C. The number of pyridine rings is 1. The Labute approximate surface area is 123 Å². The van der Waals surface area contributed by atoms with Crippen molar-refractivity contribution in [3.8, 4) is 10.7 Å². The molecule has 0 spiro atoms. The van der Waals surface area contributed by atoms with E-state index < -0.39 is 0 Å². The molecule has 1 atom stereocenters. The number of hydrogen-bond donors (Lipinski definition) is 1. The fraction of sp³-hybridized carbons (Fsp3) is 0.429. The van der Waals surface area contributed by atoms with Gasteiger partial charge in [0.1, 0.15) is 10.7 Å².